The number of amides is 2. The van der Waals surface area contributed by atoms with Crippen LogP contribution >= 0.6 is 0 Å². The third-order valence-electron chi connectivity index (χ3n) is 3.02. The van der Waals surface area contributed by atoms with E-state index >= 15 is 0 Å². The highest BCUT2D eigenvalue weighted by atomic mass is 16.5. The van der Waals surface area contributed by atoms with Crippen molar-refractivity contribution in [1.82, 2.24) is 5.32 Å². The van der Waals surface area contributed by atoms with Crippen LogP contribution in [0.5, 0.6) is 5.75 Å². The number of nitrogens with one attached hydrogen (secondary N) is 1. The Morgan fingerprint density at radius 1 is 1.40 bits per heavy atom. The number of benzene rings is 1. The molecule has 2 rings (SSSR count). The summed E-state index contributed by atoms with van der Waals surface area (Å²) in [6.07, 6.45) is 1.80. The van der Waals surface area contributed by atoms with Gasteiger partial charge in [0.1, 0.15) is 17.5 Å². The van der Waals surface area contributed by atoms with Crippen LogP contribution in [0.2, 0.25) is 0 Å². The number of hydrogen-bond donors (Lipinski definition) is 2. The van der Waals surface area contributed by atoms with Gasteiger partial charge < -0.3 is 14.8 Å². The van der Waals surface area contributed by atoms with E-state index in [9.17, 15) is 4.79 Å². The Morgan fingerprint density at radius 3 is 2.70 bits per heavy atom. The molecule has 20 heavy (non-hydrogen) atoms. The molecule has 0 radical (unpaired) electrons. The first-order valence-electron chi connectivity index (χ1n) is 6.32. The van der Waals surface area contributed by atoms with E-state index in [1.165, 1.54) is 7.05 Å². The Labute approximate surface area is 119 Å². The number of ether oxygens (including phenoxy) is 2. The molecule has 1 aromatic rings. The van der Waals surface area contributed by atoms with Crippen LogP contribution in [0.1, 0.15) is 20.3 Å². The summed E-state index contributed by atoms with van der Waals surface area (Å²) >= 11 is 0. The first kappa shape index (κ1) is 16.3. The molecule has 0 bridgehead atoms. The molecule has 6 nitrogen and oxygen atoms in total. The van der Waals surface area contributed by atoms with Crippen LogP contribution in [0.3, 0.4) is 0 Å². The molecule has 0 spiro atoms. The maximum Gasteiger partial charge on any atom is 0.336 e. The molecule has 1 saturated heterocycles. The summed E-state index contributed by atoms with van der Waals surface area (Å²) in [4.78, 5) is 11.6. The number of hydrazine groups is 1. The quantitative estimate of drug-likeness (QED) is 0.504. The van der Waals surface area contributed by atoms with Crippen LogP contribution in [-0.4, -0.2) is 32.4 Å². The molecule has 1 fully saturated rings. The van der Waals surface area contributed by atoms with Crippen molar-refractivity contribution in [2.24, 2.45) is 5.84 Å². The van der Waals surface area contributed by atoms with E-state index in [1.807, 2.05) is 18.2 Å². The summed E-state index contributed by atoms with van der Waals surface area (Å²) in [5.41, 5.74) is 0.549. The number of urea groups is 1. The minimum absolute atomic E-state index is 0. The maximum absolute atomic E-state index is 11.6. The Hall–Kier alpha value is -1.79. The lowest BCUT2D eigenvalue weighted by Gasteiger charge is -2.26. The maximum atomic E-state index is 11.6. The highest BCUT2D eigenvalue weighted by molar-refractivity contribution is 5.92. The van der Waals surface area contributed by atoms with Gasteiger partial charge in [-0.25, -0.2) is 15.6 Å². The largest absolute Gasteiger partial charge is 0.488 e. The molecule has 0 atom stereocenters. The second kappa shape index (κ2) is 7.72. The van der Waals surface area contributed by atoms with Crippen molar-refractivity contribution < 1.29 is 14.3 Å². The van der Waals surface area contributed by atoms with Gasteiger partial charge in [-0.15, -0.1) is 0 Å². The number of anilines is 1. The lowest BCUT2D eigenvalue weighted by molar-refractivity contribution is 0.0257. The molecule has 1 aromatic carbocycles. The predicted molar refractivity (Wildman–Crippen MR) is 78.8 cm³/mol. The Bertz CT molecular complexity index is 433. The van der Waals surface area contributed by atoms with Crippen LogP contribution in [0.15, 0.2) is 24.3 Å². The second-order valence-corrected chi connectivity index (χ2v) is 4.32. The number of carbonyl (C=O) groups excluding carboxylic acids is 1. The first-order chi connectivity index (χ1) is 9.22. The van der Waals surface area contributed by atoms with E-state index in [1.54, 1.807) is 6.07 Å². The highest BCUT2D eigenvalue weighted by Crippen LogP contribution is 2.28. The molecule has 0 saturated carbocycles. The van der Waals surface area contributed by atoms with Gasteiger partial charge >= 0.3 is 6.03 Å². The molecule has 0 aromatic heterocycles. The van der Waals surface area contributed by atoms with Gasteiger partial charge in [0, 0.05) is 19.9 Å². The normalized spacial score (nSPS) is 15.1. The molecule has 6 heteroatoms. The molecule has 1 aliphatic heterocycles. The molecule has 0 unspecified atom stereocenters. The number of rotatable bonds is 3. The lowest BCUT2D eigenvalue weighted by atomic mass is 10.1. The van der Waals surface area contributed by atoms with Crippen molar-refractivity contribution in [2.45, 2.75) is 26.4 Å². The zero-order chi connectivity index (χ0) is 13.7. The molecule has 3 N–H and O–H groups in total. The first-order valence-corrected chi connectivity index (χ1v) is 6.32. The fourth-order valence-electron chi connectivity index (χ4n) is 1.96. The SMILES string of the molecule is C.CNC(=O)N(N)c1ccccc1OC1CCOCC1. The number of para-hydroxylation sites is 2. The molecular formula is C14H23N3O3. The monoisotopic (exact) mass is 281 g/mol. The van der Waals surface area contributed by atoms with E-state index in [0.29, 0.717) is 24.7 Å². The van der Waals surface area contributed by atoms with E-state index < -0.39 is 0 Å². The number of carbonyl (C=O) groups is 1. The third-order valence-corrected chi connectivity index (χ3v) is 3.02. The summed E-state index contributed by atoms with van der Waals surface area (Å²) < 4.78 is 11.2. The zero-order valence-corrected chi connectivity index (χ0v) is 11.0. The number of hydrogen-bond acceptors (Lipinski definition) is 4. The van der Waals surface area contributed by atoms with Crippen molar-refractivity contribution >= 4 is 11.7 Å². The van der Waals surface area contributed by atoms with Crippen LogP contribution in [0, 0.1) is 0 Å². The molecule has 1 aliphatic rings. The Kier molecular flexibility index (Phi) is 6.27. The van der Waals surface area contributed by atoms with Crippen LogP contribution in [-0.2, 0) is 4.74 Å². The average molecular weight is 281 g/mol. The van der Waals surface area contributed by atoms with Crippen molar-refractivity contribution in [3.63, 3.8) is 0 Å². The van der Waals surface area contributed by atoms with Crippen molar-refractivity contribution in [2.75, 3.05) is 25.3 Å². The van der Waals surface area contributed by atoms with Crippen molar-refractivity contribution in [3.05, 3.63) is 24.3 Å². The molecule has 1 heterocycles. The van der Waals surface area contributed by atoms with Crippen LogP contribution in [0.4, 0.5) is 10.5 Å². The van der Waals surface area contributed by atoms with E-state index in [-0.39, 0.29) is 19.6 Å². The number of nitrogens with two attached hydrogens (primary N) is 1. The smallest absolute Gasteiger partial charge is 0.336 e. The summed E-state index contributed by atoms with van der Waals surface area (Å²) in [6, 6.07) is 6.85. The summed E-state index contributed by atoms with van der Waals surface area (Å²) in [5.74, 6) is 6.38. The van der Waals surface area contributed by atoms with Gasteiger partial charge in [-0.05, 0) is 12.1 Å². The van der Waals surface area contributed by atoms with Crippen LogP contribution in [0.25, 0.3) is 0 Å². The van der Waals surface area contributed by atoms with Gasteiger partial charge in [0.15, 0.2) is 0 Å². The van der Waals surface area contributed by atoms with Gasteiger partial charge in [-0.3, -0.25) is 0 Å². The molecule has 2 amide bonds. The molecule has 112 valence electrons. The summed E-state index contributed by atoms with van der Waals surface area (Å²) in [5, 5.41) is 3.53. The Balaban J connectivity index is 0.00000200. The fraction of sp³-hybridized carbons (Fsp3) is 0.500. The third kappa shape index (κ3) is 3.85. The summed E-state index contributed by atoms with van der Waals surface area (Å²) in [6.45, 7) is 1.41. The summed E-state index contributed by atoms with van der Waals surface area (Å²) in [7, 11) is 1.53. The minimum atomic E-state index is -0.386. The molecular weight excluding hydrogens is 258 g/mol. The van der Waals surface area contributed by atoms with Gasteiger partial charge in [0.2, 0.25) is 0 Å². The average Bonchev–Trinajstić information content (AvgIpc) is 2.47. The van der Waals surface area contributed by atoms with E-state index in [2.05, 4.69) is 5.32 Å². The number of nitrogens with zero attached hydrogens (tertiary/aromatic N) is 1. The van der Waals surface area contributed by atoms with E-state index in [4.69, 9.17) is 15.3 Å². The zero-order valence-electron chi connectivity index (χ0n) is 11.0. The predicted octanol–water partition coefficient (Wildman–Crippen LogP) is 1.90. The van der Waals surface area contributed by atoms with Crippen molar-refractivity contribution in [1.29, 1.82) is 0 Å². The Morgan fingerprint density at radius 2 is 2.05 bits per heavy atom. The van der Waals surface area contributed by atoms with Gasteiger partial charge in [-0.1, -0.05) is 19.6 Å². The van der Waals surface area contributed by atoms with Crippen LogP contribution < -0.4 is 20.9 Å². The van der Waals surface area contributed by atoms with E-state index in [0.717, 1.165) is 17.9 Å². The minimum Gasteiger partial charge on any atom is -0.488 e. The van der Waals surface area contributed by atoms with Gasteiger partial charge in [0.05, 0.1) is 13.2 Å². The van der Waals surface area contributed by atoms with Crippen molar-refractivity contribution in [3.8, 4) is 5.75 Å². The van der Waals surface area contributed by atoms with Gasteiger partial charge in [0.25, 0.3) is 0 Å². The van der Waals surface area contributed by atoms with Gasteiger partial charge in [-0.2, -0.15) is 0 Å². The lowest BCUT2D eigenvalue weighted by Crippen LogP contribution is -2.43. The topological polar surface area (TPSA) is 76.8 Å². The fourth-order valence-corrected chi connectivity index (χ4v) is 1.96. The highest BCUT2D eigenvalue weighted by Gasteiger charge is 2.19. The molecule has 0 aliphatic carbocycles. The standard InChI is InChI=1S/C13H19N3O3.CH4/c1-15-13(17)16(14)11-4-2-3-5-12(11)19-10-6-8-18-9-7-10;/h2-5,10H,6-9,14H2,1H3,(H,15,17);1H4. The second-order valence-electron chi connectivity index (χ2n) is 4.32.